The van der Waals surface area contributed by atoms with Crippen molar-refractivity contribution < 1.29 is 17.9 Å². The lowest BCUT2D eigenvalue weighted by atomic mass is 9.79. The summed E-state index contributed by atoms with van der Waals surface area (Å²) in [4.78, 5) is 15.1. The van der Waals surface area contributed by atoms with Gasteiger partial charge in [-0.25, -0.2) is 13.6 Å². The molecule has 0 saturated carbocycles. The summed E-state index contributed by atoms with van der Waals surface area (Å²) in [6.07, 6.45) is 2.26. The largest absolute Gasteiger partial charge is 0.456 e. The first-order valence-corrected chi connectivity index (χ1v) is 11.3. The highest BCUT2D eigenvalue weighted by molar-refractivity contribution is 7.89. The van der Waals surface area contributed by atoms with E-state index in [1.54, 1.807) is 36.4 Å². The average Bonchev–Trinajstić information content (AvgIpc) is 2.71. The van der Waals surface area contributed by atoms with E-state index in [-0.39, 0.29) is 22.6 Å². The summed E-state index contributed by atoms with van der Waals surface area (Å²) in [5, 5.41) is 8.43. The molecule has 0 spiro atoms. The number of hydrogen-bond acceptors (Lipinski definition) is 5. The quantitative estimate of drug-likeness (QED) is 0.780. The summed E-state index contributed by atoms with van der Waals surface area (Å²) < 4.78 is 29.1. The van der Waals surface area contributed by atoms with Gasteiger partial charge in [-0.1, -0.05) is 12.1 Å². The number of primary sulfonamides is 1. The minimum Gasteiger partial charge on any atom is -0.456 e. The van der Waals surface area contributed by atoms with Crippen molar-refractivity contribution in [3.8, 4) is 11.5 Å². The Hall–Kier alpha value is -2.42. The second-order valence-electron chi connectivity index (χ2n) is 7.73. The highest BCUT2D eigenvalue weighted by Crippen LogP contribution is 2.32. The number of nitrogens with one attached hydrogen (secondary N) is 1. The zero-order valence-electron chi connectivity index (χ0n) is 16.2. The molecule has 3 fully saturated rings. The molecule has 29 heavy (non-hydrogen) atoms. The van der Waals surface area contributed by atoms with E-state index >= 15 is 0 Å². The number of carbonyl (C=O) groups is 1. The number of amides is 1. The third-order valence-corrected chi connectivity index (χ3v) is 6.93. The van der Waals surface area contributed by atoms with E-state index in [9.17, 15) is 13.2 Å². The van der Waals surface area contributed by atoms with Crippen molar-refractivity contribution in [2.45, 2.75) is 36.7 Å². The Bertz CT molecular complexity index is 997. The number of piperidine rings is 3. The van der Waals surface area contributed by atoms with Gasteiger partial charge in [0.15, 0.2) is 0 Å². The van der Waals surface area contributed by atoms with Crippen LogP contribution in [0, 0.1) is 5.92 Å². The topological polar surface area (TPSA) is 102 Å². The van der Waals surface area contributed by atoms with Gasteiger partial charge in [0.2, 0.25) is 10.0 Å². The van der Waals surface area contributed by atoms with E-state index in [4.69, 9.17) is 9.88 Å². The molecule has 7 nitrogen and oxygen atoms in total. The molecule has 1 amide bonds. The molecule has 2 unspecified atom stereocenters. The molecule has 2 aromatic carbocycles. The maximum atomic E-state index is 12.7. The normalized spacial score (nSPS) is 26.1. The Morgan fingerprint density at radius 3 is 2.38 bits per heavy atom. The molecule has 3 heterocycles. The Morgan fingerprint density at radius 1 is 1.10 bits per heavy atom. The molecular weight excluding hydrogens is 390 g/mol. The van der Waals surface area contributed by atoms with Gasteiger partial charge in [-0.05, 0) is 75.2 Å². The number of benzene rings is 2. The highest BCUT2D eigenvalue weighted by Gasteiger charge is 2.40. The van der Waals surface area contributed by atoms with Crippen molar-refractivity contribution in [3.63, 3.8) is 0 Å². The van der Waals surface area contributed by atoms with Crippen LogP contribution >= 0.6 is 0 Å². The molecule has 154 valence electrons. The van der Waals surface area contributed by atoms with Gasteiger partial charge < -0.3 is 10.1 Å². The molecular formula is C21H25N3O4S. The second-order valence-corrected chi connectivity index (χ2v) is 9.26. The van der Waals surface area contributed by atoms with Gasteiger partial charge in [-0.2, -0.15) is 0 Å². The third-order valence-electron chi connectivity index (χ3n) is 5.98. The zero-order valence-corrected chi connectivity index (χ0v) is 17.1. The molecule has 3 saturated heterocycles. The standard InChI is InChI=1S/C21H25N3O4S/c1-14-20(15-10-12-24(14)13-11-15)23-21(25)16-6-8-17(9-7-16)28-18-4-2-3-5-19(18)29(22,26)27/h2-9,14-15,20H,10-13H2,1H3,(H,23,25)(H2,22,26,27). The molecule has 3 aliphatic rings. The predicted octanol–water partition coefficient (Wildman–Crippen LogP) is 2.34. The van der Waals surface area contributed by atoms with Crippen molar-refractivity contribution in [1.29, 1.82) is 0 Å². The van der Waals surface area contributed by atoms with Crippen molar-refractivity contribution in [1.82, 2.24) is 10.2 Å². The SMILES string of the molecule is CC1C(NC(=O)c2ccc(Oc3ccccc3S(N)(=O)=O)cc2)C2CCN1CC2. The Labute approximate surface area is 170 Å². The summed E-state index contributed by atoms with van der Waals surface area (Å²) in [7, 11) is -3.89. The van der Waals surface area contributed by atoms with Crippen LogP contribution in [-0.4, -0.2) is 44.4 Å². The monoisotopic (exact) mass is 415 g/mol. The number of carbonyl (C=O) groups excluding carboxylic acids is 1. The van der Waals surface area contributed by atoms with Crippen LogP contribution in [0.25, 0.3) is 0 Å². The molecule has 3 N–H and O–H groups in total. The highest BCUT2D eigenvalue weighted by atomic mass is 32.2. The van der Waals surface area contributed by atoms with Gasteiger partial charge in [0.05, 0.1) is 0 Å². The van der Waals surface area contributed by atoms with E-state index in [0.717, 1.165) is 25.9 Å². The van der Waals surface area contributed by atoms with Gasteiger partial charge in [0.1, 0.15) is 16.4 Å². The number of hydrogen-bond donors (Lipinski definition) is 2. The number of ether oxygens (including phenoxy) is 1. The van der Waals surface area contributed by atoms with Crippen LogP contribution in [0.3, 0.4) is 0 Å². The maximum absolute atomic E-state index is 12.7. The van der Waals surface area contributed by atoms with Crippen LogP contribution in [0.5, 0.6) is 11.5 Å². The van der Waals surface area contributed by atoms with Crippen LogP contribution in [0.15, 0.2) is 53.4 Å². The molecule has 0 aliphatic carbocycles. The van der Waals surface area contributed by atoms with Crippen LogP contribution in [0.2, 0.25) is 0 Å². The van der Waals surface area contributed by atoms with Crippen molar-refractivity contribution in [3.05, 3.63) is 54.1 Å². The molecule has 3 aliphatic heterocycles. The first kappa shape index (κ1) is 19.9. The first-order valence-electron chi connectivity index (χ1n) is 9.77. The lowest BCUT2D eigenvalue weighted by molar-refractivity contribution is 0.0217. The number of sulfonamides is 1. The van der Waals surface area contributed by atoms with Crippen molar-refractivity contribution >= 4 is 15.9 Å². The fourth-order valence-corrected chi connectivity index (χ4v) is 5.01. The van der Waals surface area contributed by atoms with Crippen molar-refractivity contribution in [2.24, 2.45) is 11.1 Å². The Morgan fingerprint density at radius 2 is 1.76 bits per heavy atom. The van der Waals surface area contributed by atoms with Crippen LogP contribution in [-0.2, 0) is 10.0 Å². The number of nitrogens with two attached hydrogens (primary N) is 1. The van der Waals surface area contributed by atoms with Crippen LogP contribution < -0.4 is 15.2 Å². The average molecular weight is 416 g/mol. The molecule has 0 radical (unpaired) electrons. The van der Waals surface area contributed by atoms with Gasteiger partial charge >= 0.3 is 0 Å². The number of nitrogens with zero attached hydrogens (tertiary/aromatic N) is 1. The predicted molar refractivity (Wildman–Crippen MR) is 109 cm³/mol. The van der Waals surface area contributed by atoms with Gasteiger partial charge in [-0.15, -0.1) is 0 Å². The van der Waals surface area contributed by atoms with Gasteiger partial charge in [-0.3, -0.25) is 9.69 Å². The maximum Gasteiger partial charge on any atom is 0.251 e. The van der Waals surface area contributed by atoms with Crippen molar-refractivity contribution in [2.75, 3.05) is 13.1 Å². The lowest BCUT2D eigenvalue weighted by Gasteiger charge is -2.49. The minimum atomic E-state index is -3.89. The molecule has 2 atom stereocenters. The number of rotatable bonds is 5. The summed E-state index contributed by atoms with van der Waals surface area (Å²) in [6.45, 7) is 4.41. The Kier molecular flexibility index (Phi) is 5.33. The lowest BCUT2D eigenvalue weighted by Crippen LogP contribution is -2.62. The summed E-state index contributed by atoms with van der Waals surface area (Å²) in [5.41, 5.74) is 0.542. The summed E-state index contributed by atoms with van der Waals surface area (Å²) in [5.74, 6) is 1.01. The van der Waals surface area contributed by atoms with E-state index in [0.29, 0.717) is 23.3 Å². The van der Waals surface area contributed by atoms with E-state index < -0.39 is 10.0 Å². The molecule has 8 heteroatoms. The Balaban J connectivity index is 1.45. The van der Waals surface area contributed by atoms with Gasteiger partial charge in [0.25, 0.3) is 5.91 Å². The minimum absolute atomic E-state index is 0.0850. The van der Waals surface area contributed by atoms with Crippen LogP contribution in [0.1, 0.15) is 30.1 Å². The summed E-state index contributed by atoms with van der Waals surface area (Å²) in [6, 6.07) is 13.3. The first-order chi connectivity index (χ1) is 13.8. The zero-order chi connectivity index (χ0) is 20.6. The fraction of sp³-hybridized carbons (Fsp3) is 0.381. The van der Waals surface area contributed by atoms with E-state index in [1.807, 2.05) is 0 Å². The number of fused-ring (bicyclic) bond motifs is 3. The van der Waals surface area contributed by atoms with E-state index in [1.165, 1.54) is 12.1 Å². The molecule has 5 rings (SSSR count). The molecule has 0 aromatic heterocycles. The summed E-state index contributed by atoms with van der Waals surface area (Å²) >= 11 is 0. The van der Waals surface area contributed by atoms with E-state index in [2.05, 4.69) is 17.1 Å². The molecule has 2 aromatic rings. The second kappa shape index (κ2) is 7.78. The van der Waals surface area contributed by atoms with Crippen LogP contribution in [0.4, 0.5) is 0 Å². The number of para-hydroxylation sites is 1. The molecule has 2 bridgehead atoms. The third kappa shape index (κ3) is 4.14. The van der Waals surface area contributed by atoms with Gasteiger partial charge in [0, 0.05) is 17.6 Å². The smallest absolute Gasteiger partial charge is 0.251 e. The fourth-order valence-electron chi connectivity index (χ4n) is 4.35.